The normalized spacial score (nSPS) is 10.7. The van der Waals surface area contributed by atoms with Crippen molar-refractivity contribution in [1.29, 1.82) is 0 Å². The molecule has 0 aliphatic rings. The van der Waals surface area contributed by atoms with E-state index in [0.29, 0.717) is 21.5 Å². The molecular formula is C22H19N5O2S2. The van der Waals surface area contributed by atoms with Gasteiger partial charge in [-0.15, -0.1) is 21.5 Å². The van der Waals surface area contributed by atoms with Crippen molar-refractivity contribution in [3.05, 3.63) is 77.2 Å². The van der Waals surface area contributed by atoms with Crippen LogP contribution >= 0.6 is 23.1 Å². The van der Waals surface area contributed by atoms with Crippen molar-refractivity contribution >= 4 is 39.9 Å². The number of carbonyl (C=O) groups is 2. The van der Waals surface area contributed by atoms with Gasteiger partial charge in [0.2, 0.25) is 5.91 Å². The Morgan fingerprint density at radius 3 is 2.52 bits per heavy atom. The van der Waals surface area contributed by atoms with Crippen LogP contribution in [0.15, 0.2) is 71.2 Å². The highest BCUT2D eigenvalue weighted by atomic mass is 32.2. The number of hydrogen-bond acceptors (Lipinski definition) is 6. The minimum absolute atomic E-state index is 0.106. The Bertz CT molecular complexity index is 1220. The molecule has 156 valence electrons. The third-order valence-electron chi connectivity index (χ3n) is 4.47. The molecule has 4 aromatic rings. The number of rotatable bonds is 7. The third-order valence-corrected chi connectivity index (χ3v) is 6.23. The van der Waals surface area contributed by atoms with Crippen molar-refractivity contribution in [2.75, 3.05) is 11.1 Å². The molecule has 2 aromatic carbocycles. The number of amides is 2. The largest absolute Gasteiger partial charge is 0.366 e. The summed E-state index contributed by atoms with van der Waals surface area (Å²) in [6, 6.07) is 19.4. The Balaban J connectivity index is 1.59. The first-order valence-electron chi connectivity index (χ1n) is 9.41. The number of nitrogens with two attached hydrogens (primary N) is 1. The van der Waals surface area contributed by atoms with Crippen LogP contribution in [0, 0.1) is 6.92 Å². The predicted octanol–water partition coefficient (Wildman–Crippen LogP) is 4.13. The van der Waals surface area contributed by atoms with Gasteiger partial charge in [-0.3, -0.25) is 14.2 Å². The lowest BCUT2D eigenvalue weighted by Crippen LogP contribution is -2.18. The van der Waals surface area contributed by atoms with Gasteiger partial charge >= 0.3 is 0 Å². The molecule has 0 radical (unpaired) electrons. The van der Waals surface area contributed by atoms with Crippen LogP contribution in [0.1, 0.15) is 15.9 Å². The smallest absolute Gasteiger partial charge is 0.251 e. The molecule has 0 unspecified atom stereocenters. The monoisotopic (exact) mass is 449 g/mol. The van der Waals surface area contributed by atoms with E-state index in [1.54, 1.807) is 11.4 Å². The van der Waals surface area contributed by atoms with Crippen LogP contribution in [0.4, 0.5) is 5.00 Å². The summed E-state index contributed by atoms with van der Waals surface area (Å²) in [5, 5.41) is 14.2. The van der Waals surface area contributed by atoms with Gasteiger partial charge in [-0.1, -0.05) is 59.8 Å². The summed E-state index contributed by atoms with van der Waals surface area (Å²) in [5.41, 5.74) is 8.63. The number of aryl methyl sites for hydroxylation is 1. The van der Waals surface area contributed by atoms with Crippen molar-refractivity contribution in [2.24, 2.45) is 5.73 Å². The van der Waals surface area contributed by atoms with Gasteiger partial charge in [0.05, 0.1) is 11.3 Å². The second-order valence-electron chi connectivity index (χ2n) is 6.71. The number of nitrogens with one attached hydrogen (secondary N) is 1. The van der Waals surface area contributed by atoms with Crippen LogP contribution in [0.2, 0.25) is 0 Å². The van der Waals surface area contributed by atoms with E-state index in [4.69, 9.17) is 5.73 Å². The zero-order valence-electron chi connectivity index (χ0n) is 16.6. The maximum atomic E-state index is 12.5. The van der Waals surface area contributed by atoms with E-state index in [0.717, 1.165) is 16.8 Å². The van der Waals surface area contributed by atoms with Crippen molar-refractivity contribution in [3.8, 4) is 17.1 Å². The number of aromatic nitrogens is 3. The van der Waals surface area contributed by atoms with Gasteiger partial charge in [0.15, 0.2) is 11.0 Å². The van der Waals surface area contributed by atoms with Gasteiger partial charge in [-0.05, 0) is 30.5 Å². The summed E-state index contributed by atoms with van der Waals surface area (Å²) < 4.78 is 1.94. The molecular weight excluding hydrogens is 430 g/mol. The maximum Gasteiger partial charge on any atom is 0.251 e. The van der Waals surface area contributed by atoms with Crippen molar-refractivity contribution in [1.82, 2.24) is 14.8 Å². The molecule has 2 aromatic heterocycles. The quantitative estimate of drug-likeness (QED) is 0.413. The van der Waals surface area contributed by atoms with E-state index in [9.17, 15) is 9.59 Å². The number of carbonyl (C=O) groups excluding carboxylic acids is 2. The average Bonchev–Trinajstić information content (AvgIpc) is 3.40. The minimum Gasteiger partial charge on any atom is -0.366 e. The molecule has 2 heterocycles. The molecule has 0 fully saturated rings. The van der Waals surface area contributed by atoms with E-state index in [2.05, 4.69) is 15.5 Å². The maximum absolute atomic E-state index is 12.5. The molecule has 0 saturated carbocycles. The highest BCUT2D eigenvalue weighted by Gasteiger charge is 2.18. The van der Waals surface area contributed by atoms with Gasteiger partial charge in [-0.2, -0.15) is 0 Å². The van der Waals surface area contributed by atoms with Crippen LogP contribution in [0.25, 0.3) is 17.1 Å². The van der Waals surface area contributed by atoms with Crippen LogP contribution in [0.3, 0.4) is 0 Å². The summed E-state index contributed by atoms with van der Waals surface area (Å²) in [4.78, 5) is 24.0. The fourth-order valence-corrected chi connectivity index (χ4v) is 4.52. The number of anilines is 1. The molecule has 2 amide bonds. The first-order chi connectivity index (χ1) is 15.0. The lowest BCUT2D eigenvalue weighted by atomic mass is 10.2. The predicted molar refractivity (Wildman–Crippen MR) is 124 cm³/mol. The SMILES string of the molecule is Cc1ccc(-n2c(SCC(=O)Nc3sccc3C(N)=O)nnc2-c2ccccc2)cc1. The van der Waals surface area contributed by atoms with Gasteiger partial charge < -0.3 is 11.1 Å². The summed E-state index contributed by atoms with van der Waals surface area (Å²) in [6.07, 6.45) is 0. The first kappa shape index (κ1) is 20.8. The molecule has 3 N–H and O–H groups in total. The molecule has 0 atom stereocenters. The summed E-state index contributed by atoms with van der Waals surface area (Å²) in [6.45, 7) is 2.03. The number of hydrogen-bond donors (Lipinski definition) is 2. The minimum atomic E-state index is -0.573. The van der Waals surface area contributed by atoms with Crippen LogP contribution < -0.4 is 11.1 Å². The zero-order chi connectivity index (χ0) is 21.8. The second-order valence-corrected chi connectivity index (χ2v) is 8.57. The molecule has 9 heteroatoms. The van der Waals surface area contributed by atoms with Gasteiger partial charge in [0.1, 0.15) is 5.00 Å². The third kappa shape index (κ3) is 4.68. The number of primary amides is 1. The molecule has 0 spiro atoms. The Kier molecular flexibility index (Phi) is 6.15. The van der Waals surface area contributed by atoms with Gasteiger partial charge in [0, 0.05) is 11.3 Å². The Hall–Kier alpha value is -3.43. The highest BCUT2D eigenvalue weighted by molar-refractivity contribution is 7.99. The first-order valence-corrected chi connectivity index (χ1v) is 11.3. The Labute approximate surface area is 187 Å². The topological polar surface area (TPSA) is 103 Å². The molecule has 7 nitrogen and oxygen atoms in total. The number of nitrogens with zero attached hydrogens (tertiary/aromatic N) is 3. The van der Waals surface area contributed by atoms with Crippen LogP contribution in [-0.2, 0) is 4.79 Å². The second kappa shape index (κ2) is 9.15. The van der Waals surface area contributed by atoms with E-state index in [1.165, 1.54) is 23.1 Å². The average molecular weight is 450 g/mol. The Morgan fingerprint density at radius 2 is 1.81 bits per heavy atom. The van der Waals surface area contributed by atoms with E-state index >= 15 is 0 Å². The standard InChI is InChI=1S/C22H19N5O2S2/c1-14-7-9-16(10-8-14)27-20(15-5-3-2-4-6-15)25-26-22(27)31-13-18(28)24-21-17(19(23)29)11-12-30-21/h2-12H,13H2,1H3,(H2,23,29)(H,24,28). The summed E-state index contributed by atoms with van der Waals surface area (Å²) in [5.74, 6) is -0.0263. The highest BCUT2D eigenvalue weighted by Crippen LogP contribution is 2.29. The van der Waals surface area contributed by atoms with Gasteiger partial charge in [-0.25, -0.2) is 0 Å². The fourth-order valence-electron chi connectivity index (χ4n) is 2.96. The van der Waals surface area contributed by atoms with Crippen LogP contribution in [-0.4, -0.2) is 32.3 Å². The van der Waals surface area contributed by atoms with Crippen molar-refractivity contribution < 1.29 is 9.59 Å². The van der Waals surface area contributed by atoms with Gasteiger partial charge in [0.25, 0.3) is 5.91 Å². The number of thiophene rings is 1. The van der Waals surface area contributed by atoms with E-state index < -0.39 is 5.91 Å². The van der Waals surface area contributed by atoms with Crippen LogP contribution in [0.5, 0.6) is 0 Å². The number of thioether (sulfide) groups is 1. The molecule has 4 rings (SSSR count). The molecule has 0 bridgehead atoms. The Morgan fingerprint density at radius 1 is 1.06 bits per heavy atom. The lowest BCUT2D eigenvalue weighted by molar-refractivity contribution is -0.113. The molecule has 0 saturated heterocycles. The molecule has 31 heavy (non-hydrogen) atoms. The lowest BCUT2D eigenvalue weighted by Gasteiger charge is -2.11. The zero-order valence-corrected chi connectivity index (χ0v) is 18.2. The van der Waals surface area contributed by atoms with Crippen molar-refractivity contribution in [3.63, 3.8) is 0 Å². The molecule has 0 aliphatic carbocycles. The van der Waals surface area contributed by atoms with E-state index in [1.807, 2.05) is 66.1 Å². The van der Waals surface area contributed by atoms with Crippen molar-refractivity contribution in [2.45, 2.75) is 12.1 Å². The molecule has 0 aliphatic heterocycles. The summed E-state index contributed by atoms with van der Waals surface area (Å²) >= 11 is 2.53. The van der Waals surface area contributed by atoms with E-state index in [-0.39, 0.29) is 11.7 Å². The fraction of sp³-hybridized carbons (Fsp3) is 0.0909. The summed E-state index contributed by atoms with van der Waals surface area (Å²) in [7, 11) is 0. The number of benzene rings is 2.